The van der Waals surface area contributed by atoms with Crippen molar-refractivity contribution in [1.29, 1.82) is 0 Å². The van der Waals surface area contributed by atoms with Gasteiger partial charge in [0.15, 0.2) is 0 Å². The lowest BCUT2D eigenvalue weighted by Crippen LogP contribution is -2.40. The summed E-state index contributed by atoms with van der Waals surface area (Å²) in [5, 5.41) is 0.961. The summed E-state index contributed by atoms with van der Waals surface area (Å²) in [6, 6.07) is 19.1. The number of nitrogens with zero attached hydrogens (tertiary/aromatic N) is 3. The molecule has 0 aliphatic carbocycles. The number of rotatable bonds is 5. The first-order chi connectivity index (χ1) is 18.3. The number of morpholine rings is 1. The Morgan fingerprint density at radius 2 is 1.74 bits per heavy atom. The van der Waals surface area contributed by atoms with Gasteiger partial charge in [-0.2, -0.15) is 4.31 Å². The topological polar surface area (TPSA) is 71.9 Å². The highest BCUT2D eigenvalue weighted by molar-refractivity contribution is 7.89. The van der Waals surface area contributed by atoms with Crippen LogP contribution >= 0.6 is 0 Å². The fourth-order valence-electron chi connectivity index (χ4n) is 5.13. The molecule has 1 saturated heterocycles. The van der Waals surface area contributed by atoms with Crippen LogP contribution < -0.4 is 4.90 Å². The maximum absolute atomic E-state index is 13.4. The molecular formula is C29H26FN3O4S. The van der Waals surface area contributed by atoms with E-state index in [-0.39, 0.29) is 16.6 Å². The van der Waals surface area contributed by atoms with Crippen LogP contribution in [0.5, 0.6) is 0 Å². The van der Waals surface area contributed by atoms with E-state index < -0.39 is 10.0 Å². The first-order valence-corrected chi connectivity index (χ1v) is 13.8. The maximum atomic E-state index is 13.4. The molecule has 9 heteroatoms. The molecule has 0 radical (unpaired) electrons. The van der Waals surface area contributed by atoms with E-state index >= 15 is 0 Å². The summed E-state index contributed by atoms with van der Waals surface area (Å²) in [4.78, 5) is 15.0. The molecule has 4 aromatic rings. The fourth-order valence-corrected chi connectivity index (χ4v) is 6.56. The average molecular weight is 532 g/mol. The molecule has 0 atom stereocenters. The van der Waals surface area contributed by atoms with Crippen molar-refractivity contribution in [3.05, 3.63) is 95.4 Å². The molecular weight excluding hydrogens is 505 g/mol. The molecule has 38 heavy (non-hydrogen) atoms. The minimum absolute atomic E-state index is 0.158. The SMILES string of the molecule is CN1C(=O)C(=Cc2cn(Cc3ccc(F)cc3)c3ccccc23)c2cc(S(=O)(=O)N3CCOCC3)ccc21. The number of anilines is 1. The van der Waals surface area contributed by atoms with Crippen LogP contribution in [0.2, 0.25) is 0 Å². The molecule has 0 saturated carbocycles. The van der Waals surface area contributed by atoms with Crippen molar-refractivity contribution in [1.82, 2.24) is 8.87 Å². The van der Waals surface area contributed by atoms with Crippen molar-refractivity contribution < 1.29 is 22.3 Å². The van der Waals surface area contributed by atoms with Crippen LogP contribution in [0.4, 0.5) is 10.1 Å². The molecule has 0 unspecified atom stereocenters. The maximum Gasteiger partial charge on any atom is 0.258 e. The molecule has 7 nitrogen and oxygen atoms in total. The van der Waals surface area contributed by atoms with Crippen molar-refractivity contribution in [2.45, 2.75) is 11.4 Å². The molecule has 1 aromatic heterocycles. The number of benzene rings is 3. The van der Waals surface area contributed by atoms with Gasteiger partial charge in [-0.15, -0.1) is 0 Å². The van der Waals surface area contributed by atoms with Crippen LogP contribution in [-0.4, -0.2) is 56.5 Å². The van der Waals surface area contributed by atoms with Gasteiger partial charge in [0, 0.05) is 60.5 Å². The van der Waals surface area contributed by atoms with Crippen LogP contribution in [0.3, 0.4) is 0 Å². The Hall–Kier alpha value is -3.79. The number of hydrogen-bond donors (Lipinski definition) is 0. The van der Waals surface area contributed by atoms with E-state index in [1.54, 1.807) is 42.3 Å². The van der Waals surface area contributed by atoms with E-state index in [0.29, 0.717) is 49.7 Å². The van der Waals surface area contributed by atoms with Gasteiger partial charge < -0.3 is 14.2 Å². The Morgan fingerprint density at radius 3 is 2.50 bits per heavy atom. The van der Waals surface area contributed by atoms with Crippen molar-refractivity contribution in [2.75, 3.05) is 38.3 Å². The fraction of sp³-hybridized carbons (Fsp3) is 0.207. The molecule has 2 aliphatic rings. The number of fused-ring (bicyclic) bond motifs is 2. The van der Waals surface area contributed by atoms with Crippen LogP contribution in [0.25, 0.3) is 22.6 Å². The average Bonchev–Trinajstić information content (AvgIpc) is 3.40. The van der Waals surface area contributed by atoms with Crippen molar-refractivity contribution in [3.63, 3.8) is 0 Å². The van der Waals surface area contributed by atoms with Crippen molar-refractivity contribution in [3.8, 4) is 0 Å². The van der Waals surface area contributed by atoms with E-state index in [1.807, 2.05) is 36.5 Å². The Balaban J connectivity index is 1.43. The van der Waals surface area contributed by atoms with Gasteiger partial charge in [-0.25, -0.2) is 12.8 Å². The molecule has 2 aliphatic heterocycles. The number of para-hydroxylation sites is 1. The largest absolute Gasteiger partial charge is 0.379 e. The smallest absolute Gasteiger partial charge is 0.258 e. The number of halogens is 1. The Labute approximate surface area is 220 Å². The van der Waals surface area contributed by atoms with Gasteiger partial charge in [0.2, 0.25) is 10.0 Å². The predicted octanol–water partition coefficient (Wildman–Crippen LogP) is 4.37. The zero-order chi connectivity index (χ0) is 26.4. The molecule has 0 N–H and O–H groups in total. The van der Waals surface area contributed by atoms with Gasteiger partial charge >= 0.3 is 0 Å². The summed E-state index contributed by atoms with van der Waals surface area (Å²) in [6.07, 6.45) is 3.81. The van der Waals surface area contributed by atoms with Gasteiger partial charge in [-0.3, -0.25) is 4.79 Å². The van der Waals surface area contributed by atoms with Crippen molar-refractivity contribution in [2.24, 2.45) is 0 Å². The normalized spacial score (nSPS) is 17.5. The highest BCUT2D eigenvalue weighted by Gasteiger charge is 2.33. The molecule has 0 spiro atoms. The second-order valence-corrected chi connectivity index (χ2v) is 11.4. The van der Waals surface area contributed by atoms with Gasteiger partial charge in [0.25, 0.3) is 5.91 Å². The first kappa shape index (κ1) is 24.5. The third-order valence-electron chi connectivity index (χ3n) is 7.15. The number of sulfonamides is 1. The first-order valence-electron chi connectivity index (χ1n) is 12.4. The molecule has 194 valence electrons. The van der Waals surface area contributed by atoms with E-state index in [2.05, 4.69) is 4.57 Å². The highest BCUT2D eigenvalue weighted by Crippen LogP contribution is 2.39. The number of aromatic nitrogens is 1. The third kappa shape index (κ3) is 4.22. The third-order valence-corrected chi connectivity index (χ3v) is 9.04. The van der Waals surface area contributed by atoms with Crippen LogP contribution in [0.1, 0.15) is 16.7 Å². The predicted molar refractivity (Wildman–Crippen MR) is 145 cm³/mol. The molecule has 3 heterocycles. The lowest BCUT2D eigenvalue weighted by molar-refractivity contribution is -0.112. The summed E-state index contributed by atoms with van der Waals surface area (Å²) in [7, 11) is -2.03. The number of ether oxygens (including phenoxy) is 1. The van der Waals surface area contributed by atoms with Crippen LogP contribution in [0, 0.1) is 5.82 Å². The summed E-state index contributed by atoms with van der Waals surface area (Å²) in [6.45, 7) is 1.86. The van der Waals surface area contributed by atoms with Gasteiger partial charge in [-0.05, 0) is 48.0 Å². The Morgan fingerprint density at radius 1 is 1.00 bits per heavy atom. The second-order valence-electron chi connectivity index (χ2n) is 9.47. The van der Waals surface area contributed by atoms with Crippen molar-refractivity contribution >= 4 is 44.2 Å². The van der Waals surface area contributed by atoms with E-state index in [0.717, 1.165) is 22.0 Å². The van der Waals surface area contributed by atoms with Gasteiger partial charge in [-0.1, -0.05) is 30.3 Å². The minimum atomic E-state index is -3.72. The van der Waals surface area contributed by atoms with E-state index in [9.17, 15) is 17.6 Å². The quantitative estimate of drug-likeness (QED) is 0.359. The lowest BCUT2D eigenvalue weighted by Gasteiger charge is -2.26. The minimum Gasteiger partial charge on any atom is -0.379 e. The molecule has 3 aromatic carbocycles. The Kier molecular flexibility index (Phi) is 6.14. The van der Waals surface area contributed by atoms with E-state index in [4.69, 9.17) is 4.74 Å². The zero-order valence-electron chi connectivity index (χ0n) is 20.8. The molecule has 1 amide bonds. The van der Waals surface area contributed by atoms with Gasteiger partial charge in [0.1, 0.15) is 5.82 Å². The number of carbonyl (C=O) groups is 1. The molecule has 1 fully saturated rings. The number of amides is 1. The standard InChI is InChI=1S/C29H26FN3O4S/c1-31-27-11-10-23(38(35,36)33-12-14-37-15-13-33)17-25(27)26(29(31)34)16-21-19-32(28-5-3-2-4-24(21)28)18-20-6-8-22(30)9-7-20/h2-11,16-17,19H,12-15,18H2,1H3. The lowest BCUT2D eigenvalue weighted by atomic mass is 10.0. The molecule has 6 rings (SSSR count). The summed E-state index contributed by atoms with van der Waals surface area (Å²) < 4.78 is 48.8. The summed E-state index contributed by atoms with van der Waals surface area (Å²) in [5.41, 5.74) is 4.46. The Bertz CT molecular complexity index is 1690. The number of carbonyl (C=O) groups excluding carboxylic acids is 1. The zero-order valence-corrected chi connectivity index (χ0v) is 21.6. The van der Waals surface area contributed by atoms with Crippen LogP contribution in [0.15, 0.2) is 77.8 Å². The van der Waals surface area contributed by atoms with Crippen LogP contribution in [-0.2, 0) is 26.1 Å². The monoisotopic (exact) mass is 531 g/mol. The summed E-state index contributed by atoms with van der Waals surface area (Å²) in [5.74, 6) is -0.481. The second kappa shape index (κ2) is 9.50. The highest BCUT2D eigenvalue weighted by atomic mass is 32.2. The van der Waals surface area contributed by atoms with Gasteiger partial charge in [0.05, 0.1) is 23.8 Å². The van der Waals surface area contributed by atoms with E-state index in [1.165, 1.54) is 16.4 Å². The number of likely N-dealkylation sites (N-methyl/N-ethyl adjacent to an activating group) is 1. The number of hydrogen-bond acceptors (Lipinski definition) is 4. The summed E-state index contributed by atoms with van der Waals surface area (Å²) >= 11 is 0. The molecule has 0 bridgehead atoms.